The lowest BCUT2D eigenvalue weighted by Crippen LogP contribution is -2.56. The largest absolute Gasteiger partial charge is 0.371 e. The molecule has 0 spiro atoms. The minimum absolute atomic E-state index is 0.245. The highest BCUT2D eigenvalue weighted by Crippen LogP contribution is 2.15. The molecule has 2 amide bonds. The molecule has 0 aliphatic carbocycles. The van der Waals surface area contributed by atoms with Gasteiger partial charge in [-0.2, -0.15) is 0 Å². The predicted molar refractivity (Wildman–Crippen MR) is 102 cm³/mol. The van der Waals surface area contributed by atoms with E-state index in [2.05, 4.69) is 24.5 Å². The quantitative estimate of drug-likeness (QED) is 0.268. The lowest BCUT2D eigenvalue weighted by Gasteiger charge is -2.31. The summed E-state index contributed by atoms with van der Waals surface area (Å²) in [6, 6.07) is 8.31. The first-order valence-corrected chi connectivity index (χ1v) is 9.05. The Bertz CT molecular complexity index is 565. The zero-order valence-electron chi connectivity index (χ0n) is 15.7. The number of hydrogen-bond donors (Lipinski definition) is 5. The Balaban J connectivity index is 2.70. The van der Waals surface area contributed by atoms with Crippen LogP contribution in [0.2, 0.25) is 0 Å². The second kappa shape index (κ2) is 10.9. The van der Waals surface area contributed by atoms with Crippen LogP contribution in [0.15, 0.2) is 30.3 Å². The number of benzene rings is 1. The third-order valence-corrected chi connectivity index (χ3v) is 4.07. The highest BCUT2D eigenvalue weighted by atomic mass is 16.3. The van der Waals surface area contributed by atoms with E-state index in [0.717, 1.165) is 18.5 Å². The Hall–Kier alpha value is -1.96. The Morgan fingerprint density at radius 3 is 2.42 bits per heavy atom. The molecular formula is C19H32N4O3. The first-order chi connectivity index (χ1) is 12.2. The van der Waals surface area contributed by atoms with Crippen LogP contribution in [-0.2, 0) is 16.0 Å². The van der Waals surface area contributed by atoms with Crippen molar-refractivity contribution in [3.8, 4) is 0 Å². The topological polar surface area (TPSA) is 130 Å². The highest BCUT2D eigenvalue weighted by Gasteiger charge is 2.31. The average Bonchev–Trinajstić information content (AvgIpc) is 2.54. The average molecular weight is 364 g/mol. The molecule has 0 radical (unpaired) electrons. The first kappa shape index (κ1) is 22.1. The molecule has 0 saturated heterocycles. The number of amides is 2. The van der Waals surface area contributed by atoms with Crippen molar-refractivity contribution in [3.63, 3.8) is 0 Å². The van der Waals surface area contributed by atoms with Crippen molar-refractivity contribution in [3.05, 3.63) is 35.9 Å². The fraction of sp³-hybridized carbons (Fsp3) is 0.579. The van der Waals surface area contributed by atoms with Gasteiger partial charge in [-0.3, -0.25) is 9.59 Å². The number of carbonyl (C=O) groups is 2. The fourth-order valence-corrected chi connectivity index (χ4v) is 2.57. The van der Waals surface area contributed by atoms with Gasteiger partial charge in [0.15, 0.2) is 0 Å². The molecule has 146 valence electrons. The van der Waals surface area contributed by atoms with Gasteiger partial charge >= 0.3 is 0 Å². The standard InChI is InChI=1S/C19H32N4O3/c1-14(2)8-10-22-11-9-19(26,13-15-6-4-3-5-7-15)23-18(25)16(20)12-17(21)24/h3-7,14,16,22,26H,8-13,20H2,1-2H3,(H2,21,24)(H,23,25). The molecule has 26 heavy (non-hydrogen) atoms. The summed E-state index contributed by atoms with van der Waals surface area (Å²) in [7, 11) is 0. The molecule has 0 bridgehead atoms. The van der Waals surface area contributed by atoms with Crippen LogP contribution in [0.25, 0.3) is 0 Å². The van der Waals surface area contributed by atoms with Crippen molar-refractivity contribution >= 4 is 11.8 Å². The van der Waals surface area contributed by atoms with E-state index in [1.165, 1.54) is 0 Å². The van der Waals surface area contributed by atoms with Crippen LogP contribution in [-0.4, -0.2) is 41.8 Å². The molecule has 0 aliphatic heterocycles. The molecule has 0 aromatic heterocycles. The van der Waals surface area contributed by atoms with E-state index >= 15 is 0 Å². The second-order valence-electron chi connectivity index (χ2n) is 7.14. The van der Waals surface area contributed by atoms with E-state index in [4.69, 9.17) is 11.5 Å². The van der Waals surface area contributed by atoms with Crippen molar-refractivity contribution in [2.24, 2.45) is 17.4 Å². The smallest absolute Gasteiger partial charge is 0.239 e. The number of nitrogens with two attached hydrogens (primary N) is 2. The van der Waals surface area contributed by atoms with Gasteiger partial charge in [-0.25, -0.2) is 0 Å². The van der Waals surface area contributed by atoms with E-state index in [1.54, 1.807) is 0 Å². The molecule has 1 rings (SSSR count). The van der Waals surface area contributed by atoms with Gasteiger partial charge in [0, 0.05) is 12.8 Å². The highest BCUT2D eigenvalue weighted by molar-refractivity contribution is 5.87. The summed E-state index contributed by atoms with van der Waals surface area (Å²) in [5.41, 5.74) is 10.2. The molecule has 7 heteroatoms. The molecule has 7 nitrogen and oxygen atoms in total. The number of rotatable bonds is 12. The SMILES string of the molecule is CC(C)CCNCCC(O)(Cc1ccccc1)NC(=O)C(N)CC(N)=O. The fourth-order valence-electron chi connectivity index (χ4n) is 2.57. The summed E-state index contributed by atoms with van der Waals surface area (Å²) >= 11 is 0. The zero-order chi connectivity index (χ0) is 19.6. The molecule has 0 aliphatic rings. The number of aliphatic hydroxyl groups is 1. The normalized spacial score (nSPS) is 14.7. The van der Waals surface area contributed by atoms with Gasteiger partial charge in [-0.1, -0.05) is 44.2 Å². The first-order valence-electron chi connectivity index (χ1n) is 9.05. The summed E-state index contributed by atoms with van der Waals surface area (Å²) in [4.78, 5) is 23.2. The molecular weight excluding hydrogens is 332 g/mol. The van der Waals surface area contributed by atoms with Gasteiger partial charge in [0.25, 0.3) is 0 Å². The summed E-state index contributed by atoms with van der Waals surface area (Å²) in [5, 5.41) is 16.8. The summed E-state index contributed by atoms with van der Waals surface area (Å²) < 4.78 is 0. The minimum atomic E-state index is -1.46. The van der Waals surface area contributed by atoms with Crippen molar-refractivity contribution in [2.45, 2.75) is 51.3 Å². The molecule has 1 aromatic carbocycles. The van der Waals surface area contributed by atoms with Crippen molar-refractivity contribution < 1.29 is 14.7 Å². The summed E-state index contributed by atoms with van der Waals surface area (Å²) in [6.45, 7) is 5.68. The van der Waals surface area contributed by atoms with E-state index in [-0.39, 0.29) is 12.8 Å². The number of carbonyl (C=O) groups excluding carboxylic acids is 2. The summed E-state index contributed by atoms with van der Waals surface area (Å²) in [6.07, 6.45) is 1.33. The monoisotopic (exact) mass is 364 g/mol. The molecule has 7 N–H and O–H groups in total. The van der Waals surface area contributed by atoms with E-state index in [9.17, 15) is 14.7 Å². The van der Waals surface area contributed by atoms with E-state index in [0.29, 0.717) is 18.9 Å². The molecule has 0 saturated carbocycles. The summed E-state index contributed by atoms with van der Waals surface area (Å²) in [5.74, 6) is -0.656. The molecule has 1 aromatic rings. The van der Waals surface area contributed by atoms with E-state index < -0.39 is 23.6 Å². The number of hydrogen-bond acceptors (Lipinski definition) is 5. The van der Waals surface area contributed by atoms with Gasteiger partial charge in [-0.15, -0.1) is 0 Å². The van der Waals surface area contributed by atoms with Crippen molar-refractivity contribution in [1.82, 2.24) is 10.6 Å². The van der Waals surface area contributed by atoms with Gasteiger partial charge < -0.3 is 27.2 Å². The Morgan fingerprint density at radius 1 is 1.19 bits per heavy atom. The molecule has 0 heterocycles. The van der Waals surface area contributed by atoms with Crippen molar-refractivity contribution in [1.29, 1.82) is 0 Å². The van der Waals surface area contributed by atoms with Gasteiger partial charge in [0.05, 0.1) is 12.5 Å². The van der Waals surface area contributed by atoms with Crippen LogP contribution in [0.1, 0.15) is 38.7 Å². The third-order valence-electron chi connectivity index (χ3n) is 4.07. The Labute approximate surface area is 155 Å². The second-order valence-corrected chi connectivity index (χ2v) is 7.14. The van der Waals surface area contributed by atoms with Crippen LogP contribution in [0.4, 0.5) is 0 Å². The van der Waals surface area contributed by atoms with Gasteiger partial charge in [-0.05, 0) is 31.0 Å². The van der Waals surface area contributed by atoms with Crippen LogP contribution < -0.4 is 22.1 Å². The van der Waals surface area contributed by atoms with Crippen LogP contribution >= 0.6 is 0 Å². The van der Waals surface area contributed by atoms with Crippen LogP contribution in [0.5, 0.6) is 0 Å². The predicted octanol–water partition coefficient (Wildman–Crippen LogP) is 0.262. The van der Waals surface area contributed by atoms with Crippen molar-refractivity contribution in [2.75, 3.05) is 13.1 Å². The third kappa shape index (κ3) is 8.94. The van der Waals surface area contributed by atoms with Crippen LogP contribution in [0.3, 0.4) is 0 Å². The Kier molecular flexibility index (Phi) is 9.26. The van der Waals surface area contributed by atoms with E-state index in [1.807, 2.05) is 30.3 Å². The number of primary amides is 1. The number of nitrogens with one attached hydrogen (secondary N) is 2. The maximum absolute atomic E-state index is 12.2. The Morgan fingerprint density at radius 2 is 1.85 bits per heavy atom. The molecule has 0 fully saturated rings. The molecule has 2 atom stereocenters. The van der Waals surface area contributed by atoms with Gasteiger partial charge in [0.1, 0.15) is 5.72 Å². The maximum Gasteiger partial charge on any atom is 0.239 e. The zero-order valence-corrected chi connectivity index (χ0v) is 15.7. The molecule has 2 unspecified atom stereocenters. The maximum atomic E-state index is 12.2. The lowest BCUT2D eigenvalue weighted by molar-refractivity contribution is -0.132. The van der Waals surface area contributed by atoms with Gasteiger partial charge in [0.2, 0.25) is 11.8 Å². The van der Waals surface area contributed by atoms with Crippen LogP contribution in [0, 0.1) is 5.92 Å². The minimum Gasteiger partial charge on any atom is -0.371 e. The lowest BCUT2D eigenvalue weighted by atomic mass is 9.98.